The molecule has 5 heteroatoms. The van der Waals surface area contributed by atoms with Gasteiger partial charge < -0.3 is 10.1 Å². The van der Waals surface area contributed by atoms with Crippen molar-refractivity contribution in [1.29, 1.82) is 0 Å². The monoisotopic (exact) mass is 286 g/mol. The Morgan fingerprint density at radius 1 is 1.05 bits per heavy atom. The van der Waals surface area contributed by atoms with Gasteiger partial charge in [-0.25, -0.2) is 4.98 Å². The second-order valence-corrected chi connectivity index (χ2v) is 5.39. The number of nitrogens with zero attached hydrogens (tertiary/aromatic N) is 3. The van der Waals surface area contributed by atoms with E-state index in [1.54, 1.807) is 0 Å². The second-order valence-electron chi connectivity index (χ2n) is 5.39. The summed E-state index contributed by atoms with van der Waals surface area (Å²) in [6, 6.07) is 9.87. The van der Waals surface area contributed by atoms with E-state index < -0.39 is 0 Å². The molecule has 112 valence electrons. The number of ether oxygens (including phenoxy) is 1. The summed E-state index contributed by atoms with van der Waals surface area (Å²) in [6.45, 7) is 8.60. The average molecular weight is 286 g/mol. The molecule has 0 saturated heterocycles. The minimum absolute atomic E-state index is 0.104. The molecular weight excluding hydrogens is 264 g/mol. The van der Waals surface area contributed by atoms with Crippen LogP contribution in [0.25, 0.3) is 0 Å². The van der Waals surface area contributed by atoms with Gasteiger partial charge in [0.2, 0.25) is 5.95 Å². The van der Waals surface area contributed by atoms with E-state index in [4.69, 9.17) is 4.74 Å². The summed E-state index contributed by atoms with van der Waals surface area (Å²) in [6.07, 6.45) is 0. The van der Waals surface area contributed by atoms with Crippen molar-refractivity contribution in [2.45, 2.75) is 39.7 Å². The molecule has 1 unspecified atom stereocenters. The van der Waals surface area contributed by atoms with Gasteiger partial charge in [-0.1, -0.05) is 32.0 Å². The van der Waals surface area contributed by atoms with Gasteiger partial charge >= 0.3 is 0 Å². The van der Waals surface area contributed by atoms with Crippen LogP contribution in [0.2, 0.25) is 0 Å². The fourth-order valence-electron chi connectivity index (χ4n) is 1.83. The molecule has 1 atom stereocenters. The van der Waals surface area contributed by atoms with E-state index in [0.717, 1.165) is 17.4 Å². The van der Waals surface area contributed by atoms with E-state index in [1.165, 1.54) is 0 Å². The third-order valence-electron chi connectivity index (χ3n) is 2.90. The van der Waals surface area contributed by atoms with Gasteiger partial charge in [0.05, 0.1) is 6.04 Å². The van der Waals surface area contributed by atoms with Gasteiger partial charge in [0.1, 0.15) is 24.0 Å². The van der Waals surface area contributed by atoms with Crippen LogP contribution in [0.1, 0.15) is 38.3 Å². The zero-order chi connectivity index (χ0) is 15.2. The van der Waals surface area contributed by atoms with E-state index in [9.17, 15) is 0 Å². The highest BCUT2D eigenvalue weighted by atomic mass is 16.5. The first kappa shape index (κ1) is 15.2. The quantitative estimate of drug-likeness (QED) is 0.883. The van der Waals surface area contributed by atoms with Crippen LogP contribution in [-0.4, -0.2) is 27.6 Å². The van der Waals surface area contributed by atoms with Crippen LogP contribution in [0.4, 0.5) is 5.95 Å². The highest BCUT2D eigenvalue weighted by Gasteiger charge is 2.10. The van der Waals surface area contributed by atoms with Gasteiger partial charge in [0.25, 0.3) is 0 Å². The molecule has 2 rings (SSSR count). The maximum absolute atomic E-state index is 5.71. The summed E-state index contributed by atoms with van der Waals surface area (Å²) in [5.74, 6) is 3.29. The molecule has 0 aliphatic heterocycles. The summed E-state index contributed by atoms with van der Waals surface area (Å²) < 4.78 is 5.71. The number of anilines is 1. The highest BCUT2D eigenvalue weighted by molar-refractivity contribution is 5.27. The Hall–Kier alpha value is -2.17. The van der Waals surface area contributed by atoms with Crippen molar-refractivity contribution in [2.75, 3.05) is 11.9 Å². The van der Waals surface area contributed by atoms with Gasteiger partial charge in [-0.2, -0.15) is 9.97 Å². The molecule has 1 heterocycles. The molecule has 0 radical (unpaired) electrons. The standard InChI is InChI=1S/C16H22N4O/c1-11(2)15-18-13(4)19-16(20-15)17-12(3)10-21-14-8-6-5-7-9-14/h5-9,11-12H,10H2,1-4H3,(H,17,18,19,20). The molecule has 0 saturated carbocycles. The fraction of sp³-hybridized carbons (Fsp3) is 0.438. The lowest BCUT2D eigenvalue weighted by atomic mass is 10.2. The molecule has 1 aromatic carbocycles. The number of rotatable bonds is 6. The number of hydrogen-bond acceptors (Lipinski definition) is 5. The minimum atomic E-state index is 0.104. The first-order valence-corrected chi connectivity index (χ1v) is 7.21. The number of hydrogen-bond donors (Lipinski definition) is 1. The van der Waals surface area contributed by atoms with Gasteiger partial charge in [-0.05, 0) is 26.0 Å². The SMILES string of the molecule is Cc1nc(NC(C)COc2ccccc2)nc(C(C)C)n1. The average Bonchev–Trinajstić information content (AvgIpc) is 2.45. The Labute approximate surface area is 125 Å². The van der Waals surface area contributed by atoms with Crippen LogP contribution in [0.5, 0.6) is 5.75 Å². The van der Waals surface area contributed by atoms with Crippen LogP contribution in [0, 0.1) is 6.92 Å². The lowest BCUT2D eigenvalue weighted by molar-refractivity contribution is 0.303. The molecule has 1 aromatic heterocycles. The third-order valence-corrected chi connectivity index (χ3v) is 2.90. The van der Waals surface area contributed by atoms with Crippen molar-refractivity contribution in [3.63, 3.8) is 0 Å². The molecule has 5 nitrogen and oxygen atoms in total. The van der Waals surface area contributed by atoms with Crippen molar-refractivity contribution in [3.8, 4) is 5.75 Å². The maximum atomic E-state index is 5.71. The molecule has 21 heavy (non-hydrogen) atoms. The van der Waals surface area contributed by atoms with Crippen molar-refractivity contribution >= 4 is 5.95 Å². The Morgan fingerprint density at radius 2 is 1.76 bits per heavy atom. The van der Waals surface area contributed by atoms with E-state index in [0.29, 0.717) is 12.6 Å². The maximum Gasteiger partial charge on any atom is 0.226 e. The molecule has 0 fully saturated rings. The summed E-state index contributed by atoms with van der Waals surface area (Å²) in [5.41, 5.74) is 0. The number of benzene rings is 1. The zero-order valence-electron chi connectivity index (χ0n) is 13.0. The lowest BCUT2D eigenvalue weighted by Crippen LogP contribution is -2.25. The van der Waals surface area contributed by atoms with Crippen molar-refractivity contribution in [2.24, 2.45) is 0 Å². The Morgan fingerprint density at radius 3 is 2.43 bits per heavy atom. The Bertz CT molecular complexity index is 572. The Kier molecular flexibility index (Phi) is 5.09. The van der Waals surface area contributed by atoms with E-state index in [2.05, 4.69) is 34.1 Å². The molecule has 0 spiro atoms. The fourth-order valence-corrected chi connectivity index (χ4v) is 1.83. The van der Waals surface area contributed by atoms with Crippen LogP contribution >= 0.6 is 0 Å². The smallest absolute Gasteiger partial charge is 0.226 e. The van der Waals surface area contributed by atoms with Crippen LogP contribution in [0.3, 0.4) is 0 Å². The van der Waals surface area contributed by atoms with Gasteiger partial charge in [0, 0.05) is 5.92 Å². The zero-order valence-corrected chi connectivity index (χ0v) is 13.0. The minimum Gasteiger partial charge on any atom is -0.491 e. The molecule has 1 N–H and O–H groups in total. The Balaban J connectivity index is 1.94. The van der Waals surface area contributed by atoms with Crippen molar-refractivity contribution in [1.82, 2.24) is 15.0 Å². The van der Waals surface area contributed by atoms with E-state index >= 15 is 0 Å². The van der Waals surface area contributed by atoms with Gasteiger partial charge in [-0.15, -0.1) is 0 Å². The van der Waals surface area contributed by atoms with Gasteiger partial charge in [-0.3, -0.25) is 0 Å². The van der Waals surface area contributed by atoms with E-state index in [1.807, 2.05) is 44.2 Å². The normalized spacial score (nSPS) is 12.2. The summed E-state index contributed by atoms with van der Waals surface area (Å²) in [4.78, 5) is 13.1. The second kappa shape index (κ2) is 7.02. The summed E-state index contributed by atoms with van der Waals surface area (Å²) in [5, 5.41) is 3.26. The predicted octanol–water partition coefficient (Wildman–Crippen LogP) is 3.18. The summed E-state index contributed by atoms with van der Waals surface area (Å²) >= 11 is 0. The first-order chi connectivity index (χ1) is 10.0. The number of aryl methyl sites for hydroxylation is 1. The van der Waals surface area contributed by atoms with Crippen molar-refractivity contribution in [3.05, 3.63) is 42.0 Å². The molecule has 0 amide bonds. The number of nitrogens with one attached hydrogen (secondary N) is 1. The largest absolute Gasteiger partial charge is 0.491 e. The molecule has 0 aliphatic rings. The predicted molar refractivity (Wildman–Crippen MR) is 83.7 cm³/mol. The number of aromatic nitrogens is 3. The molecule has 0 aliphatic carbocycles. The number of para-hydroxylation sites is 1. The van der Waals surface area contributed by atoms with Gasteiger partial charge in [0.15, 0.2) is 0 Å². The molecule has 2 aromatic rings. The molecule has 0 bridgehead atoms. The lowest BCUT2D eigenvalue weighted by Gasteiger charge is -2.16. The molecular formula is C16H22N4O. The highest BCUT2D eigenvalue weighted by Crippen LogP contribution is 2.12. The third kappa shape index (κ3) is 4.70. The summed E-state index contributed by atoms with van der Waals surface area (Å²) in [7, 11) is 0. The van der Waals surface area contributed by atoms with Crippen molar-refractivity contribution < 1.29 is 4.74 Å². The van der Waals surface area contributed by atoms with E-state index in [-0.39, 0.29) is 12.0 Å². The first-order valence-electron chi connectivity index (χ1n) is 7.21. The van der Waals surface area contributed by atoms with Crippen LogP contribution in [-0.2, 0) is 0 Å². The topological polar surface area (TPSA) is 59.9 Å². The van der Waals surface area contributed by atoms with Crippen LogP contribution in [0.15, 0.2) is 30.3 Å². The van der Waals surface area contributed by atoms with Crippen LogP contribution < -0.4 is 10.1 Å².